The van der Waals surface area contributed by atoms with Gasteiger partial charge >= 0.3 is 0 Å². The molecule has 0 aliphatic carbocycles. The number of tetrazole rings is 1. The summed E-state index contributed by atoms with van der Waals surface area (Å²) in [5, 5.41) is 18.1. The maximum atomic E-state index is 11.3. The molecule has 2 aromatic rings. The number of anilines is 1. The van der Waals surface area contributed by atoms with E-state index >= 15 is 0 Å². The molecule has 0 aliphatic rings. The van der Waals surface area contributed by atoms with E-state index in [1.807, 2.05) is 0 Å². The lowest BCUT2D eigenvalue weighted by atomic mass is 10.4. The van der Waals surface area contributed by atoms with Crippen LogP contribution in [-0.2, 0) is 4.79 Å². The van der Waals surface area contributed by atoms with Crippen molar-refractivity contribution in [2.75, 3.05) is 26.0 Å². The van der Waals surface area contributed by atoms with E-state index in [2.05, 4.69) is 25.9 Å². The van der Waals surface area contributed by atoms with E-state index < -0.39 is 0 Å². The van der Waals surface area contributed by atoms with Crippen LogP contribution in [0.4, 0.5) is 5.82 Å². The first-order valence-corrected chi connectivity index (χ1v) is 5.16. The smallest absolute Gasteiger partial charge is 0.223 e. The molecule has 0 saturated carbocycles. The molecule has 2 heterocycles. The Morgan fingerprint density at radius 2 is 2.29 bits per heavy atom. The lowest BCUT2D eigenvalue weighted by Gasteiger charge is -2.10. The molecule has 8 heteroatoms. The van der Waals surface area contributed by atoms with Crippen molar-refractivity contribution in [3.8, 4) is 0 Å². The summed E-state index contributed by atoms with van der Waals surface area (Å²) in [6.07, 6.45) is 0.419. The van der Waals surface area contributed by atoms with Gasteiger partial charge in [0.25, 0.3) is 0 Å². The number of amides is 1. The van der Waals surface area contributed by atoms with Crippen molar-refractivity contribution in [1.82, 2.24) is 30.2 Å². The van der Waals surface area contributed by atoms with E-state index in [0.29, 0.717) is 24.4 Å². The summed E-state index contributed by atoms with van der Waals surface area (Å²) in [5.41, 5.74) is 0.583. The van der Waals surface area contributed by atoms with Gasteiger partial charge in [0, 0.05) is 27.1 Å². The van der Waals surface area contributed by atoms with Crippen LogP contribution in [-0.4, -0.2) is 56.7 Å². The number of carbonyl (C=O) groups excluding carboxylic acids is 1. The quantitative estimate of drug-likeness (QED) is 0.762. The van der Waals surface area contributed by atoms with Crippen molar-refractivity contribution in [3.05, 3.63) is 12.1 Å². The molecule has 0 atom stereocenters. The summed E-state index contributed by atoms with van der Waals surface area (Å²) in [4.78, 5) is 12.9. The van der Waals surface area contributed by atoms with E-state index in [1.54, 1.807) is 31.1 Å². The van der Waals surface area contributed by atoms with Crippen molar-refractivity contribution in [3.63, 3.8) is 0 Å². The fourth-order valence-corrected chi connectivity index (χ4v) is 1.26. The Bertz CT molecular complexity index is 521. The van der Waals surface area contributed by atoms with Gasteiger partial charge in [0.05, 0.1) is 0 Å². The summed E-state index contributed by atoms with van der Waals surface area (Å²) >= 11 is 0. The van der Waals surface area contributed by atoms with Crippen LogP contribution in [0.1, 0.15) is 6.42 Å². The van der Waals surface area contributed by atoms with Gasteiger partial charge in [-0.2, -0.15) is 0 Å². The number of rotatable bonds is 4. The molecule has 2 rings (SSSR count). The average Bonchev–Trinajstić information content (AvgIpc) is 2.75. The van der Waals surface area contributed by atoms with E-state index in [4.69, 9.17) is 0 Å². The Balaban J connectivity index is 1.92. The first kappa shape index (κ1) is 11.2. The minimum atomic E-state index is 0.0704. The summed E-state index contributed by atoms with van der Waals surface area (Å²) in [7, 11) is 3.46. The molecular formula is C9H13N7O. The standard InChI is InChI=1S/C9H13N7O/c1-15(2)9(17)5-6-10-7-3-4-8-11-13-14-16(8)12-7/h3-4H,5-6H2,1-2H3,(H,10,12). The zero-order valence-electron chi connectivity index (χ0n) is 9.66. The minimum absolute atomic E-state index is 0.0704. The molecule has 2 aromatic heterocycles. The van der Waals surface area contributed by atoms with Crippen LogP contribution in [0, 0.1) is 0 Å². The van der Waals surface area contributed by atoms with E-state index in [1.165, 1.54) is 4.63 Å². The Kier molecular flexibility index (Phi) is 3.12. The van der Waals surface area contributed by atoms with Gasteiger partial charge in [-0.1, -0.05) is 0 Å². The third-order valence-corrected chi connectivity index (χ3v) is 2.21. The highest BCUT2D eigenvalue weighted by atomic mass is 16.2. The van der Waals surface area contributed by atoms with Crippen LogP contribution in [0.2, 0.25) is 0 Å². The predicted molar refractivity (Wildman–Crippen MR) is 60.4 cm³/mol. The second-order valence-electron chi connectivity index (χ2n) is 3.71. The fourth-order valence-electron chi connectivity index (χ4n) is 1.26. The lowest BCUT2D eigenvalue weighted by Crippen LogP contribution is -2.24. The molecule has 0 radical (unpaired) electrons. The molecular weight excluding hydrogens is 222 g/mol. The Morgan fingerprint density at radius 3 is 3.06 bits per heavy atom. The van der Waals surface area contributed by atoms with Gasteiger partial charge in [-0.15, -0.1) is 14.8 Å². The molecule has 0 fully saturated rings. The molecule has 1 N–H and O–H groups in total. The largest absolute Gasteiger partial charge is 0.368 e. The number of hydrogen-bond donors (Lipinski definition) is 1. The zero-order valence-corrected chi connectivity index (χ0v) is 9.66. The fraction of sp³-hybridized carbons (Fsp3) is 0.444. The lowest BCUT2D eigenvalue weighted by molar-refractivity contribution is -0.128. The SMILES string of the molecule is CN(C)C(=O)CCNc1ccc2nnnn2n1. The number of nitrogens with one attached hydrogen (secondary N) is 1. The van der Waals surface area contributed by atoms with E-state index in [-0.39, 0.29) is 5.91 Å². The number of nitrogens with zero attached hydrogens (tertiary/aromatic N) is 6. The first-order valence-electron chi connectivity index (χ1n) is 5.16. The summed E-state index contributed by atoms with van der Waals surface area (Å²) in [6.45, 7) is 0.525. The summed E-state index contributed by atoms with van der Waals surface area (Å²) in [6, 6.07) is 3.52. The highest BCUT2D eigenvalue weighted by Gasteiger charge is 2.04. The maximum absolute atomic E-state index is 11.3. The van der Waals surface area contributed by atoms with Gasteiger partial charge in [-0.05, 0) is 22.6 Å². The van der Waals surface area contributed by atoms with Gasteiger partial charge in [0.1, 0.15) is 5.82 Å². The van der Waals surface area contributed by atoms with Crippen LogP contribution in [0.25, 0.3) is 5.65 Å². The molecule has 0 aliphatic heterocycles. The molecule has 0 bridgehead atoms. The van der Waals surface area contributed by atoms with Gasteiger partial charge in [0.15, 0.2) is 5.65 Å². The van der Waals surface area contributed by atoms with Crippen LogP contribution in [0.5, 0.6) is 0 Å². The Morgan fingerprint density at radius 1 is 1.47 bits per heavy atom. The van der Waals surface area contributed by atoms with Crippen molar-refractivity contribution >= 4 is 17.4 Å². The van der Waals surface area contributed by atoms with Crippen molar-refractivity contribution in [2.45, 2.75) is 6.42 Å². The monoisotopic (exact) mass is 235 g/mol. The summed E-state index contributed by atoms with van der Waals surface area (Å²) in [5.74, 6) is 0.706. The average molecular weight is 235 g/mol. The number of hydrogen-bond acceptors (Lipinski definition) is 6. The van der Waals surface area contributed by atoms with Crippen LogP contribution >= 0.6 is 0 Å². The molecule has 8 nitrogen and oxygen atoms in total. The van der Waals surface area contributed by atoms with Crippen molar-refractivity contribution in [1.29, 1.82) is 0 Å². The number of aromatic nitrogens is 5. The van der Waals surface area contributed by atoms with Crippen LogP contribution in [0.15, 0.2) is 12.1 Å². The second-order valence-corrected chi connectivity index (χ2v) is 3.71. The number of carbonyl (C=O) groups is 1. The molecule has 1 amide bonds. The van der Waals surface area contributed by atoms with Crippen molar-refractivity contribution < 1.29 is 4.79 Å². The maximum Gasteiger partial charge on any atom is 0.223 e. The Hall–Kier alpha value is -2.25. The number of fused-ring (bicyclic) bond motifs is 1. The van der Waals surface area contributed by atoms with Gasteiger partial charge < -0.3 is 10.2 Å². The second kappa shape index (κ2) is 4.73. The molecule has 17 heavy (non-hydrogen) atoms. The van der Waals surface area contributed by atoms with Gasteiger partial charge in [-0.25, -0.2) is 0 Å². The zero-order chi connectivity index (χ0) is 12.3. The minimum Gasteiger partial charge on any atom is -0.368 e. The van der Waals surface area contributed by atoms with E-state index in [0.717, 1.165) is 0 Å². The third kappa shape index (κ3) is 2.65. The molecule has 90 valence electrons. The molecule has 0 unspecified atom stereocenters. The predicted octanol–water partition coefficient (Wildman–Crippen LogP) is -0.591. The normalized spacial score (nSPS) is 10.5. The van der Waals surface area contributed by atoms with Gasteiger partial charge in [0.2, 0.25) is 5.91 Å². The van der Waals surface area contributed by atoms with Crippen LogP contribution in [0.3, 0.4) is 0 Å². The Labute approximate surface area is 97.6 Å². The highest BCUT2D eigenvalue weighted by Crippen LogP contribution is 2.03. The summed E-state index contributed by atoms with van der Waals surface area (Å²) < 4.78 is 1.33. The van der Waals surface area contributed by atoms with Crippen LogP contribution < -0.4 is 5.32 Å². The molecule has 0 aromatic carbocycles. The third-order valence-electron chi connectivity index (χ3n) is 2.21. The molecule has 0 spiro atoms. The topological polar surface area (TPSA) is 88.3 Å². The van der Waals surface area contributed by atoms with E-state index in [9.17, 15) is 4.79 Å². The van der Waals surface area contributed by atoms with Crippen molar-refractivity contribution in [2.24, 2.45) is 0 Å². The first-order chi connectivity index (χ1) is 8.16. The van der Waals surface area contributed by atoms with Gasteiger partial charge in [-0.3, -0.25) is 4.79 Å². The highest BCUT2D eigenvalue weighted by molar-refractivity contribution is 5.76. The molecule has 0 saturated heterocycles.